The first-order valence-corrected chi connectivity index (χ1v) is 13.1. The van der Waals surface area contributed by atoms with E-state index in [1.165, 1.54) is 11.1 Å². The van der Waals surface area contributed by atoms with E-state index in [9.17, 15) is 4.79 Å². The molecule has 0 saturated carbocycles. The SMILES string of the molecule is COc1ccc(C(=O)NCCc2nc3ccccc3n2CCCOc2cc(C)ccc2C(C)C)cc1OC. The van der Waals surface area contributed by atoms with Gasteiger partial charge in [-0.2, -0.15) is 0 Å². The Kier molecular flexibility index (Phi) is 8.89. The molecule has 0 aliphatic carbocycles. The summed E-state index contributed by atoms with van der Waals surface area (Å²) in [5, 5.41) is 3.01. The van der Waals surface area contributed by atoms with Crippen LogP contribution in [0.5, 0.6) is 17.2 Å². The average Bonchev–Trinajstić information content (AvgIpc) is 3.27. The standard InChI is InChI=1S/C31H37N3O4/c1-21(2)24-13-11-22(3)19-28(24)38-18-8-17-34-26-10-7-6-9-25(26)33-30(34)15-16-32-31(35)23-12-14-27(36-4)29(20-23)37-5/h6-7,9-14,19-21H,8,15-18H2,1-5H3,(H,32,35). The first kappa shape index (κ1) is 27.0. The highest BCUT2D eigenvalue weighted by molar-refractivity contribution is 5.94. The molecule has 0 aliphatic heterocycles. The van der Waals surface area contributed by atoms with E-state index in [-0.39, 0.29) is 5.91 Å². The van der Waals surface area contributed by atoms with Crippen molar-refractivity contribution in [3.63, 3.8) is 0 Å². The molecule has 0 saturated heterocycles. The smallest absolute Gasteiger partial charge is 0.251 e. The van der Waals surface area contributed by atoms with E-state index in [1.807, 2.05) is 18.2 Å². The number of aromatic nitrogens is 2. The second kappa shape index (κ2) is 12.5. The van der Waals surface area contributed by atoms with Crippen LogP contribution < -0.4 is 19.5 Å². The van der Waals surface area contributed by atoms with Gasteiger partial charge in [0.2, 0.25) is 0 Å². The van der Waals surface area contributed by atoms with Crippen molar-refractivity contribution >= 4 is 16.9 Å². The van der Waals surface area contributed by atoms with E-state index >= 15 is 0 Å². The van der Waals surface area contributed by atoms with Crippen LogP contribution in [0.25, 0.3) is 11.0 Å². The molecule has 1 heterocycles. The van der Waals surface area contributed by atoms with Gasteiger partial charge in [0, 0.05) is 25.1 Å². The van der Waals surface area contributed by atoms with Crippen LogP contribution in [0.4, 0.5) is 0 Å². The van der Waals surface area contributed by atoms with Crippen molar-refractivity contribution in [2.24, 2.45) is 0 Å². The third-order valence-corrected chi connectivity index (χ3v) is 6.59. The predicted octanol–water partition coefficient (Wildman–Crippen LogP) is 5.93. The summed E-state index contributed by atoms with van der Waals surface area (Å²) in [7, 11) is 3.13. The van der Waals surface area contributed by atoms with Crippen LogP contribution in [-0.2, 0) is 13.0 Å². The number of imidazole rings is 1. The van der Waals surface area contributed by atoms with Gasteiger partial charge < -0.3 is 24.1 Å². The summed E-state index contributed by atoms with van der Waals surface area (Å²) in [5.74, 6) is 3.26. The van der Waals surface area contributed by atoms with E-state index in [0.29, 0.717) is 42.6 Å². The number of carbonyl (C=O) groups is 1. The molecule has 1 amide bonds. The van der Waals surface area contributed by atoms with Crippen molar-refractivity contribution in [2.45, 2.75) is 46.1 Å². The molecule has 0 radical (unpaired) electrons. The number of benzene rings is 3. The van der Waals surface area contributed by atoms with Crippen LogP contribution in [0.1, 0.15) is 53.5 Å². The number of aryl methyl sites for hydroxylation is 2. The molecule has 1 aromatic heterocycles. The molecule has 0 atom stereocenters. The first-order chi connectivity index (χ1) is 18.4. The Labute approximate surface area is 224 Å². The van der Waals surface area contributed by atoms with Crippen molar-refractivity contribution in [3.8, 4) is 17.2 Å². The van der Waals surface area contributed by atoms with Gasteiger partial charge >= 0.3 is 0 Å². The lowest BCUT2D eigenvalue weighted by molar-refractivity contribution is 0.0953. The minimum absolute atomic E-state index is 0.166. The summed E-state index contributed by atoms with van der Waals surface area (Å²) in [6.07, 6.45) is 1.46. The van der Waals surface area contributed by atoms with Gasteiger partial charge in [-0.1, -0.05) is 38.1 Å². The average molecular weight is 516 g/mol. The first-order valence-electron chi connectivity index (χ1n) is 13.1. The monoisotopic (exact) mass is 515 g/mol. The fraction of sp³-hybridized carbons (Fsp3) is 0.355. The molecule has 4 aromatic rings. The van der Waals surface area contributed by atoms with E-state index in [2.05, 4.69) is 54.9 Å². The second-order valence-corrected chi connectivity index (χ2v) is 9.64. The highest BCUT2D eigenvalue weighted by Gasteiger charge is 2.14. The Bertz CT molecular complexity index is 1390. The van der Waals surface area contributed by atoms with Crippen molar-refractivity contribution < 1.29 is 19.0 Å². The van der Waals surface area contributed by atoms with Crippen LogP contribution in [0.3, 0.4) is 0 Å². The molecule has 4 rings (SSSR count). The number of fused-ring (bicyclic) bond motifs is 1. The van der Waals surface area contributed by atoms with Crippen LogP contribution in [-0.4, -0.2) is 42.8 Å². The summed E-state index contributed by atoms with van der Waals surface area (Å²) in [4.78, 5) is 17.6. The van der Waals surface area contributed by atoms with Crippen LogP contribution in [0.15, 0.2) is 60.7 Å². The topological polar surface area (TPSA) is 74.6 Å². The summed E-state index contributed by atoms with van der Waals surface area (Å²) in [5.41, 5.74) is 4.99. The summed E-state index contributed by atoms with van der Waals surface area (Å²) >= 11 is 0. The zero-order valence-electron chi connectivity index (χ0n) is 22.9. The lowest BCUT2D eigenvalue weighted by atomic mass is 10.0. The molecule has 0 fully saturated rings. The Hall–Kier alpha value is -4.00. The number of carbonyl (C=O) groups excluding carboxylic acids is 1. The number of amides is 1. The molecule has 7 heteroatoms. The Morgan fingerprint density at radius 3 is 2.53 bits per heavy atom. The Balaban J connectivity index is 1.40. The van der Waals surface area contributed by atoms with Crippen molar-refractivity contribution in [2.75, 3.05) is 27.4 Å². The number of ether oxygens (including phenoxy) is 3. The molecule has 3 aromatic carbocycles. The maximum atomic E-state index is 12.8. The van der Waals surface area contributed by atoms with Crippen molar-refractivity contribution in [1.82, 2.24) is 14.9 Å². The van der Waals surface area contributed by atoms with Crippen molar-refractivity contribution in [3.05, 3.63) is 83.2 Å². The largest absolute Gasteiger partial charge is 0.493 e. The quantitative estimate of drug-likeness (QED) is 0.237. The van der Waals surface area contributed by atoms with E-state index in [0.717, 1.165) is 35.6 Å². The number of rotatable bonds is 12. The molecule has 1 N–H and O–H groups in total. The maximum absolute atomic E-state index is 12.8. The molecule has 200 valence electrons. The van der Waals surface area contributed by atoms with E-state index in [1.54, 1.807) is 32.4 Å². The fourth-order valence-electron chi connectivity index (χ4n) is 4.58. The van der Waals surface area contributed by atoms with Gasteiger partial charge in [-0.25, -0.2) is 4.98 Å². The van der Waals surface area contributed by atoms with Gasteiger partial charge in [-0.15, -0.1) is 0 Å². The van der Waals surface area contributed by atoms with E-state index < -0.39 is 0 Å². The lowest BCUT2D eigenvalue weighted by Crippen LogP contribution is -2.26. The number of para-hydroxylation sites is 2. The summed E-state index contributed by atoms with van der Waals surface area (Å²) < 4.78 is 19.0. The minimum atomic E-state index is -0.166. The van der Waals surface area contributed by atoms with Gasteiger partial charge in [-0.05, 0) is 66.8 Å². The third-order valence-electron chi connectivity index (χ3n) is 6.59. The second-order valence-electron chi connectivity index (χ2n) is 9.64. The molecular formula is C31H37N3O4. The van der Waals surface area contributed by atoms with Gasteiger partial charge in [0.05, 0.1) is 31.9 Å². The van der Waals surface area contributed by atoms with Gasteiger partial charge in [-0.3, -0.25) is 4.79 Å². The highest BCUT2D eigenvalue weighted by Crippen LogP contribution is 2.28. The number of methoxy groups -OCH3 is 2. The lowest BCUT2D eigenvalue weighted by Gasteiger charge is -2.15. The highest BCUT2D eigenvalue weighted by atomic mass is 16.5. The zero-order valence-corrected chi connectivity index (χ0v) is 22.9. The molecule has 0 aliphatic rings. The zero-order chi connectivity index (χ0) is 27.1. The molecule has 7 nitrogen and oxygen atoms in total. The van der Waals surface area contributed by atoms with Gasteiger partial charge in [0.1, 0.15) is 11.6 Å². The Morgan fingerprint density at radius 2 is 1.76 bits per heavy atom. The number of hydrogen-bond donors (Lipinski definition) is 1. The molecule has 0 bridgehead atoms. The van der Waals surface area contributed by atoms with Crippen LogP contribution in [0.2, 0.25) is 0 Å². The summed E-state index contributed by atoms with van der Waals surface area (Å²) in [6, 6.07) is 19.7. The maximum Gasteiger partial charge on any atom is 0.251 e. The molecule has 0 unspecified atom stereocenters. The van der Waals surface area contributed by atoms with Crippen molar-refractivity contribution in [1.29, 1.82) is 0 Å². The van der Waals surface area contributed by atoms with E-state index in [4.69, 9.17) is 19.2 Å². The molecular weight excluding hydrogens is 478 g/mol. The molecule has 38 heavy (non-hydrogen) atoms. The van der Waals surface area contributed by atoms with Gasteiger partial charge in [0.15, 0.2) is 11.5 Å². The number of nitrogens with one attached hydrogen (secondary N) is 1. The summed E-state index contributed by atoms with van der Waals surface area (Å²) in [6.45, 7) is 8.32. The third kappa shape index (κ3) is 6.28. The fourth-order valence-corrected chi connectivity index (χ4v) is 4.58. The van der Waals surface area contributed by atoms with Crippen LogP contribution >= 0.6 is 0 Å². The Morgan fingerprint density at radius 1 is 0.974 bits per heavy atom. The minimum Gasteiger partial charge on any atom is -0.493 e. The predicted molar refractivity (Wildman–Crippen MR) is 151 cm³/mol. The molecule has 0 spiro atoms. The van der Waals surface area contributed by atoms with Crippen LogP contribution in [0, 0.1) is 6.92 Å². The number of nitrogens with zero attached hydrogens (tertiary/aromatic N) is 2. The van der Waals surface area contributed by atoms with Gasteiger partial charge in [0.25, 0.3) is 5.91 Å². The normalized spacial score (nSPS) is 11.1. The number of hydrogen-bond acceptors (Lipinski definition) is 5.